The number of anilines is 1. The van der Waals surface area contributed by atoms with Gasteiger partial charge in [-0.3, -0.25) is 9.59 Å². The van der Waals surface area contributed by atoms with Crippen LogP contribution in [0.1, 0.15) is 28.1 Å². The maximum atomic E-state index is 14.5. The van der Waals surface area contributed by atoms with Crippen LogP contribution in [0, 0.1) is 0 Å². The number of benzene rings is 4. The first-order valence-electron chi connectivity index (χ1n) is 13.5. The Morgan fingerprint density at radius 1 is 0.929 bits per heavy atom. The van der Waals surface area contributed by atoms with E-state index in [9.17, 15) is 14.4 Å². The fourth-order valence-electron chi connectivity index (χ4n) is 4.90. The quantitative estimate of drug-likeness (QED) is 0.192. The number of esters is 2. The highest BCUT2D eigenvalue weighted by Gasteiger charge is 2.42. The number of carbonyl (C=O) groups is 3. The largest absolute Gasteiger partial charge is 0.497 e. The Hall–Kier alpha value is -4.34. The monoisotopic (exact) mass is 584 g/mol. The van der Waals surface area contributed by atoms with Crippen molar-refractivity contribution in [2.45, 2.75) is 23.2 Å². The summed E-state index contributed by atoms with van der Waals surface area (Å²) >= 11 is 1.50. The summed E-state index contributed by atoms with van der Waals surface area (Å²) in [6.07, 6.45) is -1.19. The molecule has 8 nitrogen and oxygen atoms in total. The normalized spacial score (nSPS) is 16.6. The summed E-state index contributed by atoms with van der Waals surface area (Å²) in [6.45, 7) is 2.26. The van der Waals surface area contributed by atoms with Crippen molar-refractivity contribution in [3.63, 3.8) is 0 Å². The number of nitrogens with zero attached hydrogens (tertiary/aromatic N) is 2. The predicted molar refractivity (Wildman–Crippen MR) is 163 cm³/mol. The van der Waals surface area contributed by atoms with Gasteiger partial charge in [0.15, 0.2) is 6.10 Å². The number of ether oxygens (including phenoxy) is 3. The Bertz CT molecular complexity index is 1620. The van der Waals surface area contributed by atoms with Crippen LogP contribution >= 0.6 is 11.8 Å². The van der Waals surface area contributed by atoms with Crippen molar-refractivity contribution in [3.8, 4) is 11.5 Å². The van der Waals surface area contributed by atoms with Crippen molar-refractivity contribution < 1.29 is 28.6 Å². The highest BCUT2D eigenvalue weighted by molar-refractivity contribution is 8.00. The average Bonchev–Trinajstić information content (AvgIpc) is 3.10. The van der Waals surface area contributed by atoms with Crippen LogP contribution in [-0.2, 0) is 14.3 Å². The molecule has 0 fully saturated rings. The zero-order valence-electron chi connectivity index (χ0n) is 23.9. The molecule has 0 N–H and O–H groups in total. The van der Waals surface area contributed by atoms with Crippen LogP contribution < -0.4 is 14.4 Å². The molecule has 0 aliphatic carbocycles. The lowest BCUT2D eigenvalue weighted by Crippen LogP contribution is -2.45. The summed E-state index contributed by atoms with van der Waals surface area (Å²) in [5.41, 5.74) is 1.63. The Labute approximate surface area is 249 Å². The highest BCUT2D eigenvalue weighted by Crippen LogP contribution is 2.50. The first kappa shape index (κ1) is 29.2. The molecule has 4 aromatic rings. The molecule has 0 radical (unpaired) electrons. The second kappa shape index (κ2) is 12.7. The summed E-state index contributed by atoms with van der Waals surface area (Å²) in [5.74, 6) is -0.913. The number of thioether (sulfide) groups is 1. The first-order valence-corrected chi connectivity index (χ1v) is 14.4. The topological polar surface area (TPSA) is 85.4 Å². The molecule has 42 heavy (non-hydrogen) atoms. The summed E-state index contributed by atoms with van der Waals surface area (Å²) in [4.78, 5) is 44.6. The maximum absolute atomic E-state index is 14.5. The number of likely N-dealkylation sites (N-methyl/N-ethyl adjacent to an activating group) is 1. The third kappa shape index (κ3) is 6.12. The average molecular weight is 585 g/mol. The van der Waals surface area contributed by atoms with E-state index in [1.807, 2.05) is 79.7 Å². The number of para-hydroxylation sites is 1. The van der Waals surface area contributed by atoms with Crippen molar-refractivity contribution in [1.29, 1.82) is 0 Å². The third-order valence-electron chi connectivity index (χ3n) is 6.99. The standard InChI is InChI=1S/C33H32N2O6S/c1-21(36)40-28-12-8-7-11-26(28)33(38)41-29-30(23-13-16-24(39-4)17-14-23)42-31-25-10-6-5-9-22(25)15-18-27(31)35(32(29)37)20-19-34(2)3/h5-18,29-30H,19-20H2,1-4H3/t29-,30+/m1/s1. The number of rotatable bonds is 8. The molecular formula is C33H32N2O6S. The molecule has 216 valence electrons. The molecule has 0 spiro atoms. The molecule has 1 amide bonds. The van der Waals surface area contributed by atoms with Gasteiger partial charge in [-0.05, 0) is 60.8 Å². The van der Waals surface area contributed by atoms with Gasteiger partial charge in [-0.2, -0.15) is 0 Å². The Morgan fingerprint density at radius 3 is 2.36 bits per heavy atom. The summed E-state index contributed by atoms with van der Waals surface area (Å²) in [7, 11) is 5.49. The van der Waals surface area contributed by atoms with E-state index in [2.05, 4.69) is 0 Å². The van der Waals surface area contributed by atoms with E-state index in [4.69, 9.17) is 14.2 Å². The third-order valence-corrected chi connectivity index (χ3v) is 8.43. The lowest BCUT2D eigenvalue weighted by Gasteiger charge is -2.29. The second-order valence-electron chi connectivity index (χ2n) is 10.2. The molecule has 2 atom stereocenters. The van der Waals surface area contributed by atoms with E-state index in [1.54, 1.807) is 24.1 Å². The van der Waals surface area contributed by atoms with E-state index in [0.717, 1.165) is 26.9 Å². The van der Waals surface area contributed by atoms with Crippen LogP contribution in [-0.4, -0.2) is 63.1 Å². The SMILES string of the molecule is COc1ccc([C@@H]2Sc3c(ccc4ccccc34)N(CCN(C)C)C(=O)[C@@H]2OC(=O)c2ccccc2OC(C)=O)cc1. The van der Waals surface area contributed by atoms with E-state index in [1.165, 1.54) is 30.8 Å². The van der Waals surface area contributed by atoms with Gasteiger partial charge < -0.3 is 24.0 Å². The number of hydrogen-bond acceptors (Lipinski definition) is 8. The first-order chi connectivity index (χ1) is 20.3. The minimum atomic E-state index is -1.19. The predicted octanol–water partition coefficient (Wildman–Crippen LogP) is 5.74. The fraction of sp³-hybridized carbons (Fsp3) is 0.242. The molecule has 1 aliphatic rings. The Kier molecular flexibility index (Phi) is 8.80. The van der Waals surface area contributed by atoms with E-state index < -0.39 is 23.3 Å². The second-order valence-corrected chi connectivity index (χ2v) is 11.3. The van der Waals surface area contributed by atoms with Crippen molar-refractivity contribution in [2.75, 3.05) is 39.2 Å². The zero-order chi connectivity index (χ0) is 29.8. The van der Waals surface area contributed by atoms with Crippen LogP contribution in [0.2, 0.25) is 0 Å². The van der Waals surface area contributed by atoms with Gasteiger partial charge in [0, 0.05) is 24.9 Å². The maximum Gasteiger partial charge on any atom is 0.342 e. The molecule has 0 saturated carbocycles. The molecule has 0 aromatic heterocycles. The molecule has 0 bridgehead atoms. The van der Waals surface area contributed by atoms with Gasteiger partial charge >= 0.3 is 11.9 Å². The van der Waals surface area contributed by atoms with Crippen molar-refractivity contribution in [2.24, 2.45) is 0 Å². The molecular weight excluding hydrogens is 552 g/mol. The lowest BCUT2D eigenvalue weighted by atomic mass is 10.0. The number of methoxy groups -OCH3 is 1. The number of amides is 1. The van der Waals surface area contributed by atoms with Gasteiger partial charge in [-0.15, -0.1) is 11.8 Å². The van der Waals surface area contributed by atoms with E-state index >= 15 is 0 Å². The number of fused-ring (bicyclic) bond motifs is 3. The summed E-state index contributed by atoms with van der Waals surface area (Å²) in [5, 5.41) is 1.47. The van der Waals surface area contributed by atoms with Crippen LogP contribution in [0.5, 0.6) is 11.5 Å². The Morgan fingerprint density at radius 2 is 1.64 bits per heavy atom. The molecule has 9 heteroatoms. The van der Waals surface area contributed by atoms with Gasteiger partial charge in [0.1, 0.15) is 17.1 Å². The van der Waals surface area contributed by atoms with E-state index in [0.29, 0.717) is 18.8 Å². The molecule has 0 saturated heterocycles. The molecule has 5 rings (SSSR count). The van der Waals surface area contributed by atoms with Crippen molar-refractivity contribution in [3.05, 3.63) is 96.1 Å². The molecule has 0 unspecified atom stereocenters. The van der Waals surface area contributed by atoms with Gasteiger partial charge in [0.25, 0.3) is 5.91 Å². The van der Waals surface area contributed by atoms with Gasteiger partial charge in [0.2, 0.25) is 0 Å². The Balaban J connectivity index is 1.64. The van der Waals surface area contributed by atoms with E-state index in [-0.39, 0.29) is 17.2 Å². The van der Waals surface area contributed by atoms with Crippen LogP contribution in [0.25, 0.3) is 10.8 Å². The summed E-state index contributed by atoms with van der Waals surface area (Å²) < 4.78 is 16.7. The minimum Gasteiger partial charge on any atom is -0.497 e. The summed E-state index contributed by atoms with van der Waals surface area (Å²) in [6, 6.07) is 25.8. The van der Waals surface area contributed by atoms with Crippen molar-refractivity contribution >= 4 is 46.1 Å². The highest BCUT2D eigenvalue weighted by atomic mass is 32.2. The van der Waals surface area contributed by atoms with Gasteiger partial charge in [-0.25, -0.2) is 4.79 Å². The smallest absolute Gasteiger partial charge is 0.342 e. The van der Waals surface area contributed by atoms with Crippen LogP contribution in [0.3, 0.4) is 0 Å². The van der Waals surface area contributed by atoms with Crippen molar-refractivity contribution in [1.82, 2.24) is 4.90 Å². The van der Waals surface area contributed by atoms with Crippen LogP contribution in [0.15, 0.2) is 89.8 Å². The van der Waals surface area contributed by atoms with Crippen LogP contribution in [0.4, 0.5) is 5.69 Å². The molecule has 4 aromatic carbocycles. The lowest BCUT2D eigenvalue weighted by molar-refractivity contribution is -0.132. The molecule has 1 heterocycles. The van der Waals surface area contributed by atoms with Gasteiger partial charge in [0.05, 0.1) is 18.0 Å². The number of carbonyl (C=O) groups excluding carboxylic acids is 3. The fourth-order valence-corrected chi connectivity index (χ4v) is 6.35. The van der Waals surface area contributed by atoms with Gasteiger partial charge in [-0.1, -0.05) is 54.6 Å². The zero-order valence-corrected chi connectivity index (χ0v) is 24.7. The molecule has 1 aliphatic heterocycles. The minimum absolute atomic E-state index is 0.0611. The number of hydrogen-bond donors (Lipinski definition) is 0.